The molecule has 1 aliphatic carbocycles. The zero-order valence-corrected chi connectivity index (χ0v) is 16.4. The van der Waals surface area contributed by atoms with Gasteiger partial charge in [0.25, 0.3) is 0 Å². The highest BCUT2D eigenvalue weighted by atomic mass is 79.9. The molecule has 0 bridgehead atoms. The summed E-state index contributed by atoms with van der Waals surface area (Å²) in [5, 5.41) is 0. The molecule has 1 aliphatic rings. The normalized spacial score (nSPS) is 17.1. The third-order valence-corrected chi connectivity index (χ3v) is 5.77. The molecule has 0 saturated heterocycles. The molecule has 0 spiro atoms. The van der Waals surface area contributed by atoms with Gasteiger partial charge in [-0.05, 0) is 41.8 Å². The van der Waals surface area contributed by atoms with Crippen molar-refractivity contribution in [3.63, 3.8) is 0 Å². The van der Waals surface area contributed by atoms with Crippen molar-refractivity contribution in [1.29, 1.82) is 0 Å². The second-order valence-corrected chi connectivity index (χ2v) is 7.74. The highest BCUT2D eigenvalue weighted by molar-refractivity contribution is 9.10. The lowest BCUT2D eigenvalue weighted by molar-refractivity contribution is -0.130. The lowest BCUT2D eigenvalue weighted by Crippen LogP contribution is -2.18. The zero-order valence-electron chi connectivity index (χ0n) is 14.8. The number of halogens is 1. The van der Waals surface area contributed by atoms with E-state index in [-0.39, 0.29) is 17.3 Å². The maximum absolute atomic E-state index is 12.7. The van der Waals surface area contributed by atoms with Crippen LogP contribution in [0.2, 0.25) is 0 Å². The van der Waals surface area contributed by atoms with Gasteiger partial charge in [0.05, 0.1) is 0 Å². The fraction of sp³-hybridized carbons (Fsp3) is 0.125. The van der Waals surface area contributed by atoms with E-state index >= 15 is 0 Å². The molecular weight excluding hydrogens is 400 g/mol. The topological polar surface area (TPSA) is 26.3 Å². The van der Waals surface area contributed by atoms with Crippen LogP contribution in [0.1, 0.15) is 17.5 Å². The Bertz CT molecular complexity index is 923. The summed E-state index contributed by atoms with van der Waals surface area (Å²) in [7, 11) is 0. The van der Waals surface area contributed by atoms with Crippen LogP contribution in [0.5, 0.6) is 5.75 Å². The fourth-order valence-corrected chi connectivity index (χ4v) is 4.04. The Hall–Kier alpha value is -2.65. The average molecular weight is 419 g/mol. The van der Waals surface area contributed by atoms with Crippen LogP contribution in [0.15, 0.2) is 102 Å². The molecule has 3 aromatic rings. The van der Waals surface area contributed by atoms with Crippen molar-refractivity contribution >= 4 is 21.9 Å². The highest BCUT2D eigenvalue weighted by Gasteiger charge is 2.58. The number of benzene rings is 3. The third kappa shape index (κ3) is 3.35. The first-order valence-electron chi connectivity index (χ1n) is 8.89. The van der Waals surface area contributed by atoms with Crippen LogP contribution in [0, 0.1) is 5.92 Å². The van der Waals surface area contributed by atoms with E-state index in [0.717, 1.165) is 10.9 Å². The molecule has 0 aliphatic heterocycles. The van der Waals surface area contributed by atoms with E-state index in [0.29, 0.717) is 11.3 Å². The Morgan fingerprint density at radius 3 is 1.93 bits per heavy atom. The van der Waals surface area contributed by atoms with Gasteiger partial charge in [-0.3, -0.25) is 0 Å². The summed E-state index contributed by atoms with van der Waals surface area (Å²) in [4.78, 5) is 12.7. The molecule has 1 fully saturated rings. The molecule has 1 saturated carbocycles. The van der Waals surface area contributed by atoms with E-state index in [4.69, 9.17) is 4.74 Å². The van der Waals surface area contributed by atoms with Gasteiger partial charge in [-0.2, -0.15) is 0 Å². The molecule has 27 heavy (non-hydrogen) atoms. The maximum Gasteiger partial charge on any atom is 0.339 e. The summed E-state index contributed by atoms with van der Waals surface area (Å²) in [6.45, 7) is 4.09. The lowest BCUT2D eigenvalue weighted by Gasteiger charge is -2.19. The largest absolute Gasteiger partial charge is 0.423 e. The molecule has 0 amide bonds. The number of ether oxygens (including phenoxy) is 1. The van der Waals surface area contributed by atoms with Crippen LogP contribution < -0.4 is 4.74 Å². The van der Waals surface area contributed by atoms with E-state index in [2.05, 4.69) is 46.8 Å². The van der Waals surface area contributed by atoms with E-state index in [9.17, 15) is 4.79 Å². The van der Waals surface area contributed by atoms with Gasteiger partial charge in [0.1, 0.15) is 5.75 Å². The molecule has 1 unspecified atom stereocenters. The average Bonchev–Trinajstić information content (AvgIpc) is 3.47. The number of carbonyl (C=O) groups excluding carboxylic acids is 1. The van der Waals surface area contributed by atoms with Crippen LogP contribution in [0.25, 0.3) is 0 Å². The van der Waals surface area contributed by atoms with Crippen molar-refractivity contribution in [3.05, 3.63) is 113 Å². The molecule has 0 heterocycles. The molecule has 0 radical (unpaired) electrons. The maximum atomic E-state index is 12.7. The number of esters is 1. The van der Waals surface area contributed by atoms with Crippen molar-refractivity contribution in [2.24, 2.45) is 5.92 Å². The van der Waals surface area contributed by atoms with Gasteiger partial charge in [0, 0.05) is 21.4 Å². The van der Waals surface area contributed by atoms with Crippen LogP contribution in [0.4, 0.5) is 0 Å². The Labute approximate surface area is 167 Å². The van der Waals surface area contributed by atoms with E-state index < -0.39 is 0 Å². The summed E-state index contributed by atoms with van der Waals surface area (Å²) < 4.78 is 6.48. The summed E-state index contributed by atoms with van der Waals surface area (Å²) in [6, 6.07) is 27.9. The lowest BCUT2D eigenvalue weighted by atomic mass is 9.84. The van der Waals surface area contributed by atoms with Gasteiger partial charge in [0.15, 0.2) is 0 Å². The predicted molar refractivity (Wildman–Crippen MR) is 111 cm³/mol. The monoisotopic (exact) mass is 418 g/mol. The number of carbonyl (C=O) groups is 1. The van der Waals surface area contributed by atoms with Gasteiger partial charge in [-0.25, -0.2) is 4.79 Å². The van der Waals surface area contributed by atoms with Gasteiger partial charge in [0.2, 0.25) is 0 Å². The van der Waals surface area contributed by atoms with E-state index in [1.807, 2.05) is 48.5 Å². The number of rotatable bonds is 5. The molecule has 0 aromatic heterocycles. The fourth-order valence-electron chi connectivity index (χ4n) is 3.78. The van der Waals surface area contributed by atoms with E-state index in [1.165, 1.54) is 11.1 Å². The van der Waals surface area contributed by atoms with Gasteiger partial charge >= 0.3 is 5.97 Å². The van der Waals surface area contributed by atoms with Crippen molar-refractivity contribution in [3.8, 4) is 5.75 Å². The van der Waals surface area contributed by atoms with Crippen LogP contribution in [-0.4, -0.2) is 5.97 Å². The molecule has 134 valence electrons. The summed E-state index contributed by atoms with van der Waals surface area (Å²) in [6.07, 6.45) is 0.856. The predicted octanol–water partition coefficient (Wildman–Crippen LogP) is 5.92. The minimum Gasteiger partial charge on any atom is -0.423 e. The van der Waals surface area contributed by atoms with Crippen LogP contribution in [-0.2, 0) is 10.2 Å². The minimum atomic E-state index is -0.365. The molecule has 4 rings (SSSR count). The third-order valence-electron chi connectivity index (χ3n) is 5.25. The second kappa shape index (κ2) is 7.16. The Morgan fingerprint density at radius 1 is 0.889 bits per heavy atom. The molecule has 3 aromatic carbocycles. The van der Waals surface area contributed by atoms with Crippen LogP contribution in [0.3, 0.4) is 0 Å². The zero-order chi connectivity index (χ0) is 18.9. The Morgan fingerprint density at radius 2 is 1.41 bits per heavy atom. The summed E-state index contributed by atoms with van der Waals surface area (Å²) in [5.41, 5.74) is 2.72. The second-order valence-electron chi connectivity index (χ2n) is 6.83. The molecule has 1 atom stereocenters. The first-order valence-corrected chi connectivity index (χ1v) is 9.68. The number of hydrogen-bond acceptors (Lipinski definition) is 2. The summed E-state index contributed by atoms with van der Waals surface area (Å²) >= 11 is 3.38. The minimum absolute atomic E-state index is 0.0326. The van der Waals surface area contributed by atoms with E-state index in [1.54, 1.807) is 12.1 Å². The quantitative estimate of drug-likeness (QED) is 0.292. The van der Waals surface area contributed by atoms with Crippen molar-refractivity contribution in [1.82, 2.24) is 0 Å². The van der Waals surface area contributed by atoms with Crippen molar-refractivity contribution < 1.29 is 9.53 Å². The van der Waals surface area contributed by atoms with Gasteiger partial charge in [-0.1, -0.05) is 83.2 Å². The molecule has 3 heteroatoms. The standard InChI is InChI=1S/C24H19BrO2/c1-17(23(26)27-21-14-12-20(25)13-15-21)22-16-24(22,18-8-4-2-5-9-18)19-10-6-3-7-11-19/h2-15,22H,1,16H2. The summed E-state index contributed by atoms with van der Waals surface area (Å²) in [5.74, 6) is 0.191. The molecule has 0 N–H and O–H groups in total. The Kier molecular flexibility index (Phi) is 4.71. The highest BCUT2D eigenvalue weighted by Crippen LogP contribution is 2.61. The first-order chi connectivity index (χ1) is 13.1. The molecule has 2 nitrogen and oxygen atoms in total. The van der Waals surface area contributed by atoms with Crippen LogP contribution >= 0.6 is 15.9 Å². The number of hydrogen-bond donors (Lipinski definition) is 0. The van der Waals surface area contributed by atoms with Crippen molar-refractivity contribution in [2.45, 2.75) is 11.8 Å². The van der Waals surface area contributed by atoms with Gasteiger partial charge in [-0.15, -0.1) is 0 Å². The smallest absolute Gasteiger partial charge is 0.339 e. The van der Waals surface area contributed by atoms with Gasteiger partial charge < -0.3 is 4.74 Å². The van der Waals surface area contributed by atoms with Crippen molar-refractivity contribution in [2.75, 3.05) is 0 Å². The molecular formula is C24H19BrO2. The Balaban J connectivity index is 1.60. The SMILES string of the molecule is C=C(C(=O)Oc1ccc(Br)cc1)C1CC1(c1ccccc1)c1ccccc1. The first kappa shape index (κ1) is 17.7.